The molecule has 146 valence electrons. The predicted molar refractivity (Wildman–Crippen MR) is 103 cm³/mol. The van der Waals surface area contributed by atoms with Gasteiger partial charge in [0.15, 0.2) is 6.61 Å². The summed E-state index contributed by atoms with van der Waals surface area (Å²) in [4.78, 5) is 12.0. The Morgan fingerprint density at radius 2 is 2.07 bits per heavy atom. The van der Waals surface area contributed by atoms with E-state index in [0.29, 0.717) is 11.3 Å². The molecule has 1 aliphatic rings. The molecule has 0 saturated heterocycles. The number of aryl methyl sites for hydroxylation is 2. The van der Waals surface area contributed by atoms with Crippen molar-refractivity contribution in [2.24, 2.45) is 0 Å². The second-order valence-electron chi connectivity index (χ2n) is 7.03. The van der Waals surface area contributed by atoms with Crippen LogP contribution in [0.3, 0.4) is 0 Å². The number of nitrogens with one attached hydrogen (secondary N) is 1. The van der Waals surface area contributed by atoms with E-state index in [4.69, 9.17) is 9.15 Å². The van der Waals surface area contributed by atoms with Crippen molar-refractivity contribution in [3.8, 4) is 5.75 Å². The third kappa shape index (κ3) is 4.02. The first kappa shape index (κ1) is 18.5. The molecule has 0 radical (unpaired) electrons. The van der Waals surface area contributed by atoms with E-state index in [9.17, 15) is 14.3 Å². The Morgan fingerprint density at radius 3 is 2.93 bits per heavy atom. The Labute approximate surface area is 162 Å². The summed E-state index contributed by atoms with van der Waals surface area (Å²) in [6, 6.07) is 11.2. The summed E-state index contributed by atoms with van der Waals surface area (Å²) in [7, 11) is 0. The molecule has 4 rings (SSSR count). The Bertz CT molecular complexity index is 997. The number of carbonyl (C=O) groups is 1. The van der Waals surface area contributed by atoms with Gasteiger partial charge in [-0.1, -0.05) is 12.1 Å². The van der Waals surface area contributed by atoms with Crippen LogP contribution in [0.5, 0.6) is 5.75 Å². The third-order valence-corrected chi connectivity index (χ3v) is 5.02. The summed E-state index contributed by atoms with van der Waals surface area (Å²) in [6.45, 7) is -0.179. The lowest BCUT2D eigenvalue weighted by molar-refractivity contribution is -0.123. The number of aliphatic hydroxyl groups is 1. The quantitative estimate of drug-likeness (QED) is 0.681. The Hall–Kier alpha value is -2.86. The van der Waals surface area contributed by atoms with Crippen LogP contribution in [0.15, 0.2) is 46.9 Å². The highest BCUT2D eigenvalue weighted by atomic mass is 19.1. The van der Waals surface area contributed by atoms with Gasteiger partial charge in [0.05, 0.1) is 6.10 Å². The molecule has 0 saturated carbocycles. The van der Waals surface area contributed by atoms with E-state index in [1.807, 2.05) is 12.1 Å². The van der Waals surface area contributed by atoms with Gasteiger partial charge in [-0.3, -0.25) is 4.79 Å². The monoisotopic (exact) mass is 383 g/mol. The van der Waals surface area contributed by atoms with Gasteiger partial charge in [0.1, 0.15) is 22.9 Å². The number of rotatable bonds is 6. The molecule has 2 aromatic carbocycles. The number of aliphatic hydroxyl groups excluding tert-OH is 1. The van der Waals surface area contributed by atoms with E-state index < -0.39 is 11.9 Å². The molecule has 1 heterocycles. The first-order valence-electron chi connectivity index (χ1n) is 9.47. The van der Waals surface area contributed by atoms with Crippen LogP contribution >= 0.6 is 0 Å². The van der Waals surface area contributed by atoms with Gasteiger partial charge in [0.2, 0.25) is 0 Å². The van der Waals surface area contributed by atoms with Crippen molar-refractivity contribution in [2.45, 2.75) is 31.8 Å². The Kier molecular flexibility index (Phi) is 5.30. The van der Waals surface area contributed by atoms with Crippen LogP contribution in [-0.2, 0) is 17.6 Å². The van der Waals surface area contributed by atoms with Crippen LogP contribution in [0.1, 0.15) is 35.8 Å². The van der Waals surface area contributed by atoms with Gasteiger partial charge in [-0.15, -0.1) is 0 Å². The molecule has 28 heavy (non-hydrogen) atoms. The van der Waals surface area contributed by atoms with Gasteiger partial charge in [-0.25, -0.2) is 4.39 Å². The summed E-state index contributed by atoms with van der Waals surface area (Å²) in [5, 5.41) is 13.7. The van der Waals surface area contributed by atoms with Crippen molar-refractivity contribution in [3.63, 3.8) is 0 Å². The lowest BCUT2D eigenvalue weighted by Gasteiger charge is -2.13. The molecule has 1 aliphatic carbocycles. The fraction of sp³-hybridized carbons (Fsp3) is 0.318. The topological polar surface area (TPSA) is 71.7 Å². The highest BCUT2D eigenvalue weighted by molar-refractivity contribution is 5.84. The van der Waals surface area contributed by atoms with Gasteiger partial charge < -0.3 is 19.6 Å². The SMILES string of the molecule is O=C(COc1ccc2oc3c(c2c1)CCCC3)NCC(O)c1cccc(F)c1. The van der Waals surface area contributed by atoms with Crippen LogP contribution in [-0.4, -0.2) is 24.2 Å². The van der Waals surface area contributed by atoms with Gasteiger partial charge in [-0.2, -0.15) is 0 Å². The fourth-order valence-corrected chi connectivity index (χ4v) is 3.57. The van der Waals surface area contributed by atoms with Gasteiger partial charge in [0, 0.05) is 23.9 Å². The summed E-state index contributed by atoms with van der Waals surface area (Å²) in [5.41, 5.74) is 2.51. The fourth-order valence-electron chi connectivity index (χ4n) is 3.57. The molecule has 0 aliphatic heterocycles. The number of carbonyl (C=O) groups excluding carboxylic acids is 1. The Morgan fingerprint density at radius 1 is 1.21 bits per heavy atom. The molecule has 1 aromatic heterocycles. The second kappa shape index (κ2) is 8.02. The van der Waals surface area contributed by atoms with Crippen molar-refractivity contribution in [2.75, 3.05) is 13.2 Å². The number of furan rings is 1. The number of fused-ring (bicyclic) bond motifs is 3. The maximum Gasteiger partial charge on any atom is 0.258 e. The van der Waals surface area contributed by atoms with Crippen molar-refractivity contribution in [3.05, 3.63) is 65.2 Å². The van der Waals surface area contributed by atoms with E-state index in [1.165, 1.54) is 23.8 Å². The number of halogens is 1. The van der Waals surface area contributed by atoms with Gasteiger partial charge >= 0.3 is 0 Å². The number of hydrogen-bond acceptors (Lipinski definition) is 4. The molecule has 1 atom stereocenters. The predicted octanol–water partition coefficient (Wildman–Crippen LogP) is 3.68. The highest BCUT2D eigenvalue weighted by Gasteiger charge is 2.18. The minimum absolute atomic E-state index is 0.0140. The molecule has 1 amide bonds. The van der Waals surface area contributed by atoms with Gasteiger partial charge in [0.25, 0.3) is 5.91 Å². The van der Waals surface area contributed by atoms with E-state index in [-0.39, 0.29) is 19.1 Å². The van der Waals surface area contributed by atoms with E-state index in [0.717, 1.165) is 42.4 Å². The molecule has 0 bridgehead atoms. The van der Waals surface area contributed by atoms with E-state index in [2.05, 4.69) is 5.32 Å². The molecular weight excluding hydrogens is 361 g/mol. The molecule has 0 fully saturated rings. The summed E-state index contributed by atoms with van der Waals surface area (Å²) in [6.07, 6.45) is 3.30. The summed E-state index contributed by atoms with van der Waals surface area (Å²) < 4.78 is 24.7. The normalized spacial score (nSPS) is 14.5. The molecule has 6 heteroatoms. The maximum absolute atomic E-state index is 13.2. The zero-order valence-electron chi connectivity index (χ0n) is 15.4. The van der Waals surface area contributed by atoms with Crippen molar-refractivity contribution >= 4 is 16.9 Å². The largest absolute Gasteiger partial charge is 0.484 e. The molecular formula is C22H22FNO4. The standard InChI is InChI=1S/C22H22FNO4/c23-15-5-3-4-14(10-15)19(25)12-24-22(26)13-27-16-8-9-21-18(11-16)17-6-1-2-7-20(17)28-21/h3-5,8-11,19,25H,1-2,6-7,12-13H2,(H,24,26). The van der Waals surface area contributed by atoms with Crippen LogP contribution < -0.4 is 10.1 Å². The maximum atomic E-state index is 13.2. The molecule has 2 N–H and O–H groups in total. The highest BCUT2D eigenvalue weighted by Crippen LogP contribution is 2.33. The van der Waals surface area contributed by atoms with Crippen LogP contribution in [0.25, 0.3) is 11.0 Å². The Balaban J connectivity index is 1.33. The first-order valence-corrected chi connectivity index (χ1v) is 9.47. The van der Waals surface area contributed by atoms with Gasteiger partial charge in [-0.05, 0) is 55.2 Å². The number of ether oxygens (including phenoxy) is 1. The number of benzene rings is 2. The smallest absolute Gasteiger partial charge is 0.258 e. The van der Waals surface area contributed by atoms with Crippen LogP contribution in [0.4, 0.5) is 4.39 Å². The van der Waals surface area contributed by atoms with Crippen molar-refractivity contribution in [1.82, 2.24) is 5.32 Å². The molecule has 1 unspecified atom stereocenters. The lowest BCUT2D eigenvalue weighted by atomic mass is 9.96. The second-order valence-corrected chi connectivity index (χ2v) is 7.03. The first-order chi connectivity index (χ1) is 13.6. The average Bonchev–Trinajstić information content (AvgIpc) is 3.08. The average molecular weight is 383 g/mol. The molecule has 3 aromatic rings. The summed E-state index contributed by atoms with van der Waals surface area (Å²) in [5.74, 6) is 0.873. The zero-order valence-corrected chi connectivity index (χ0v) is 15.4. The summed E-state index contributed by atoms with van der Waals surface area (Å²) >= 11 is 0. The number of amides is 1. The molecule has 5 nitrogen and oxygen atoms in total. The van der Waals surface area contributed by atoms with E-state index in [1.54, 1.807) is 12.1 Å². The van der Waals surface area contributed by atoms with E-state index >= 15 is 0 Å². The third-order valence-electron chi connectivity index (χ3n) is 5.02. The lowest BCUT2D eigenvalue weighted by Crippen LogP contribution is -2.32. The van der Waals surface area contributed by atoms with Crippen molar-refractivity contribution in [1.29, 1.82) is 0 Å². The minimum Gasteiger partial charge on any atom is -0.484 e. The van der Waals surface area contributed by atoms with Crippen LogP contribution in [0, 0.1) is 5.82 Å². The molecule has 0 spiro atoms. The van der Waals surface area contributed by atoms with Crippen molar-refractivity contribution < 1.29 is 23.4 Å². The minimum atomic E-state index is -0.978. The van der Waals surface area contributed by atoms with Crippen LogP contribution in [0.2, 0.25) is 0 Å². The zero-order chi connectivity index (χ0) is 19.5. The number of hydrogen-bond donors (Lipinski definition) is 2.